The first-order valence-electron chi connectivity index (χ1n) is 5.85. The zero-order chi connectivity index (χ0) is 13.7. The number of ether oxygens (including phenoxy) is 1. The van der Waals surface area contributed by atoms with Crippen LogP contribution in [0, 0.1) is 0 Å². The maximum absolute atomic E-state index is 11.8. The smallest absolute Gasteiger partial charge is 0.261 e. The van der Waals surface area contributed by atoms with Gasteiger partial charge in [-0.2, -0.15) is 0 Å². The van der Waals surface area contributed by atoms with E-state index in [9.17, 15) is 8.78 Å². The molecule has 19 heavy (non-hydrogen) atoms. The maximum atomic E-state index is 11.8. The Morgan fingerprint density at radius 2 is 2.21 bits per heavy atom. The van der Waals surface area contributed by atoms with Gasteiger partial charge in [-0.05, 0) is 12.1 Å². The molecule has 0 saturated heterocycles. The number of aromatic nitrogens is 2. The lowest BCUT2D eigenvalue weighted by Crippen LogP contribution is -2.20. The highest BCUT2D eigenvalue weighted by Crippen LogP contribution is 2.11. The Kier molecular flexibility index (Phi) is 5.07. The molecule has 2 aromatic heterocycles. The summed E-state index contributed by atoms with van der Waals surface area (Å²) in [6.07, 6.45) is 1.23. The summed E-state index contributed by atoms with van der Waals surface area (Å²) in [5.74, 6) is 0. The van der Waals surface area contributed by atoms with E-state index in [1.165, 1.54) is 0 Å². The number of nitrogens with one attached hydrogen (secondary N) is 1. The van der Waals surface area contributed by atoms with Crippen LogP contribution in [0.5, 0.6) is 0 Å². The minimum absolute atomic E-state index is 0.254. The highest BCUT2D eigenvalue weighted by Gasteiger charge is 2.03. The molecule has 0 aliphatic heterocycles. The number of imidazole rings is 1. The number of alkyl halides is 2. The van der Waals surface area contributed by atoms with E-state index in [1.54, 1.807) is 12.3 Å². The molecule has 4 nitrogen and oxygen atoms in total. The topological polar surface area (TPSA) is 38.6 Å². The molecular formula is C12H14ClF2N3O. The Morgan fingerprint density at radius 1 is 1.37 bits per heavy atom. The Balaban J connectivity index is 1.75. The molecule has 2 heterocycles. The van der Waals surface area contributed by atoms with Crippen molar-refractivity contribution in [1.82, 2.24) is 14.7 Å². The van der Waals surface area contributed by atoms with Crippen molar-refractivity contribution in [2.24, 2.45) is 0 Å². The SMILES string of the molecule is FC(F)COCCNCc1cn2cc(Cl)ccc2n1. The molecular weight excluding hydrogens is 276 g/mol. The second-order valence-electron chi connectivity index (χ2n) is 3.99. The fraction of sp³-hybridized carbons (Fsp3) is 0.417. The van der Waals surface area contributed by atoms with Gasteiger partial charge in [-0.3, -0.25) is 0 Å². The molecule has 2 rings (SSSR count). The average Bonchev–Trinajstić information content (AvgIpc) is 2.75. The minimum atomic E-state index is -2.41. The molecule has 0 aliphatic carbocycles. The highest BCUT2D eigenvalue weighted by molar-refractivity contribution is 6.30. The van der Waals surface area contributed by atoms with Crippen LogP contribution in [-0.4, -0.2) is 35.6 Å². The zero-order valence-corrected chi connectivity index (χ0v) is 10.9. The lowest BCUT2D eigenvalue weighted by molar-refractivity contribution is 0.0187. The molecule has 1 N–H and O–H groups in total. The molecule has 0 fully saturated rings. The highest BCUT2D eigenvalue weighted by atomic mass is 35.5. The second kappa shape index (κ2) is 6.79. The van der Waals surface area contributed by atoms with Gasteiger partial charge >= 0.3 is 0 Å². The lowest BCUT2D eigenvalue weighted by atomic mass is 10.4. The zero-order valence-electron chi connectivity index (χ0n) is 10.2. The fourth-order valence-corrected chi connectivity index (χ4v) is 1.80. The molecule has 0 radical (unpaired) electrons. The van der Waals surface area contributed by atoms with Gasteiger partial charge in [0.05, 0.1) is 17.3 Å². The summed E-state index contributed by atoms with van der Waals surface area (Å²) in [7, 11) is 0. The first-order chi connectivity index (χ1) is 9.15. The van der Waals surface area contributed by atoms with Crippen molar-refractivity contribution in [3.05, 3.63) is 35.2 Å². The van der Waals surface area contributed by atoms with Crippen LogP contribution in [0.3, 0.4) is 0 Å². The second-order valence-corrected chi connectivity index (χ2v) is 4.42. The number of halogens is 3. The van der Waals surface area contributed by atoms with Gasteiger partial charge in [-0.15, -0.1) is 0 Å². The molecule has 0 atom stereocenters. The number of fused-ring (bicyclic) bond motifs is 1. The number of pyridine rings is 1. The number of rotatable bonds is 7. The van der Waals surface area contributed by atoms with E-state index in [0.29, 0.717) is 18.1 Å². The van der Waals surface area contributed by atoms with Gasteiger partial charge in [0.15, 0.2) is 0 Å². The predicted molar refractivity (Wildman–Crippen MR) is 68.7 cm³/mol. The molecule has 0 aliphatic rings. The standard InChI is InChI=1S/C12H14ClF2N3O/c13-9-1-2-12-17-10(7-18(12)6-9)5-16-3-4-19-8-11(14)15/h1-2,6-7,11,16H,3-5,8H2. The number of nitrogens with zero attached hydrogens (tertiary/aromatic N) is 2. The number of hydrogen-bond donors (Lipinski definition) is 1. The van der Waals surface area contributed by atoms with Gasteiger partial charge in [0.2, 0.25) is 0 Å². The van der Waals surface area contributed by atoms with E-state index in [2.05, 4.69) is 10.3 Å². The summed E-state index contributed by atoms with van der Waals surface area (Å²) >= 11 is 5.87. The summed E-state index contributed by atoms with van der Waals surface area (Å²) in [5.41, 5.74) is 1.67. The molecule has 0 amide bonds. The third-order valence-corrected chi connectivity index (χ3v) is 2.66. The first kappa shape index (κ1) is 14.2. The van der Waals surface area contributed by atoms with Crippen LogP contribution < -0.4 is 5.32 Å². The van der Waals surface area contributed by atoms with E-state index in [4.69, 9.17) is 16.3 Å². The molecule has 0 bridgehead atoms. The average molecular weight is 290 g/mol. The third-order valence-electron chi connectivity index (χ3n) is 2.44. The van der Waals surface area contributed by atoms with Crippen LogP contribution in [0.25, 0.3) is 5.65 Å². The van der Waals surface area contributed by atoms with E-state index >= 15 is 0 Å². The Hall–Kier alpha value is -1.24. The van der Waals surface area contributed by atoms with Crippen LogP contribution in [0.15, 0.2) is 24.5 Å². The normalized spacial score (nSPS) is 11.6. The summed E-state index contributed by atoms with van der Waals surface area (Å²) in [4.78, 5) is 4.38. The molecule has 2 aromatic rings. The summed E-state index contributed by atoms with van der Waals surface area (Å²) in [6.45, 7) is 0.788. The molecule has 0 unspecified atom stereocenters. The molecule has 7 heteroatoms. The molecule has 104 valence electrons. The monoisotopic (exact) mass is 289 g/mol. The Morgan fingerprint density at radius 3 is 3.00 bits per heavy atom. The van der Waals surface area contributed by atoms with Crippen molar-refractivity contribution in [3.63, 3.8) is 0 Å². The summed E-state index contributed by atoms with van der Waals surface area (Å²) in [6, 6.07) is 3.61. The van der Waals surface area contributed by atoms with Gasteiger partial charge in [0, 0.05) is 25.5 Å². The van der Waals surface area contributed by atoms with Crippen molar-refractivity contribution in [1.29, 1.82) is 0 Å². The van der Waals surface area contributed by atoms with Gasteiger partial charge in [0.1, 0.15) is 12.3 Å². The third kappa shape index (κ3) is 4.41. The minimum Gasteiger partial charge on any atom is -0.374 e. The van der Waals surface area contributed by atoms with Crippen molar-refractivity contribution in [2.75, 3.05) is 19.8 Å². The van der Waals surface area contributed by atoms with E-state index < -0.39 is 13.0 Å². The van der Waals surface area contributed by atoms with E-state index in [-0.39, 0.29) is 6.61 Å². The largest absolute Gasteiger partial charge is 0.374 e. The van der Waals surface area contributed by atoms with E-state index in [1.807, 2.05) is 16.7 Å². The maximum Gasteiger partial charge on any atom is 0.261 e. The number of hydrogen-bond acceptors (Lipinski definition) is 3. The van der Waals surface area contributed by atoms with Crippen LogP contribution in [-0.2, 0) is 11.3 Å². The fourth-order valence-electron chi connectivity index (χ4n) is 1.64. The molecule has 0 aromatic carbocycles. The predicted octanol–water partition coefficient (Wildman–Crippen LogP) is 2.36. The van der Waals surface area contributed by atoms with E-state index in [0.717, 1.165) is 11.3 Å². The van der Waals surface area contributed by atoms with Crippen molar-refractivity contribution >= 4 is 17.2 Å². The molecule has 0 saturated carbocycles. The van der Waals surface area contributed by atoms with Crippen LogP contribution in [0.2, 0.25) is 5.02 Å². The van der Waals surface area contributed by atoms with Gasteiger partial charge in [-0.1, -0.05) is 11.6 Å². The summed E-state index contributed by atoms with van der Waals surface area (Å²) < 4.78 is 30.2. The molecule has 0 spiro atoms. The summed E-state index contributed by atoms with van der Waals surface area (Å²) in [5, 5.41) is 3.72. The van der Waals surface area contributed by atoms with Crippen molar-refractivity contribution in [3.8, 4) is 0 Å². The Bertz CT molecular complexity index is 533. The van der Waals surface area contributed by atoms with Crippen molar-refractivity contribution in [2.45, 2.75) is 13.0 Å². The quantitative estimate of drug-likeness (QED) is 0.795. The van der Waals surface area contributed by atoms with Gasteiger partial charge < -0.3 is 14.5 Å². The lowest BCUT2D eigenvalue weighted by Gasteiger charge is -2.04. The van der Waals surface area contributed by atoms with Gasteiger partial charge in [-0.25, -0.2) is 13.8 Å². The first-order valence-corrected chi connectivity index (χ1v) is 6.22. The van der Waals surface area contributed by atoms with Crippen LogP contribution >= 0.6 is 11.6 Å². The Labute approximate surface area is 114 Å². The van der Waals surface area contributed by atoms with Crippen LogP contribution in [0.1, 0.15) is 5.69 Å². The van der Waals surface area contributed by atoms with Crippen LogP contribution in [0.4, 0.5) is 8.78 Å². The van der Waals surface area contributed by atoms with Gasteiger partial charge in [0.25, 0.3) is 6.43 Å². The van der Waals surface area contributed by atoms with Crippen molar-refractivity contribution < 1.29 is 13.5 Å².